The zero-order valence-electron chi connectivity index (χ0n) is 18.1. The van der Waals surface area contributed by atoms with Crippen molar-refractivity contribution in [2.45, 2.75) is 33.0 Å². The molecule has 9 nitrogen and oxygen atoms in total. The van der Waals surface area contributed by atoms with Gasteiger partial charge in [-0.25, -0.2) is 4.98 Å². The fraction of sp³-hybridized carbons (Fsp3) is 0.217. The minimum atomic E-state index is -0.341. The van der Waals surface area contributed by atoms with Gasteiger partial charge in [0, 0.05) is 29.4 Å². The van der Waals surface area contributed by atoms with E-state index in [0.29, 0.717) is 28.3 Å². The Hall–Kier alpha value is -4.14. The van der Waals surface area contributed by atoms with Crippen molar-refractivity contribution in [1.29, 1.82) is 5.41 Å². The molecule has 0 saturated heterocycles. The Kier molecular flexibility index (Phi) is 6.89. The van der Waals surface area contributed by atoms with Gasteiger partial charge in [0.25, 0.3) is 5.56 Å². The number of hydrogen-bond acceptors (Lipinski definition) is 6. The Morgan fingerprint density at radius 1 is 1.19 bits per heavy atom. The summed E-state index contributed by atoms with van der Waals surface area (Å²) >= 11 is 0. The van der Waals surface area contributed by atoms with Crippen molar-refractivity contribution in [2.24, 2.45) is 5.73 Å². The number of anilines is 2. The normalized spacial score (nSPS) is 10.7. The summed E-state index contributed by atoms with van der Waals surface area (Å²) in [7, 11) is 0. The highest BCUT2D eigenvalue weighted by molar-refractivity contribution is 5.94. The zero-order chi connectivity index (χ0) is 23.3. The van der Waals surface area contributed by atoms with Gasteiger partial charge < -0.3 is 22.1 Å². The number of carbonyl (C=O) groups excluding carboxylic acids is 1. The molecule has 2 aromatic carbocycles. The topological polar surface area (TPSA) is 152 Å². The average molecular weight is 434 g/mol. The molecule has 32 heavy (non-hydrogen) atoms. The van der Waals surface area contributed by atoms with Crippen molar-refractivity contribution in [3.8, 4) is 11.4 Å². The standard InChI is InChI=1S/C23H27N7O2/c1-14(2)29-19-12-28-22(17-4-3-5-18(24)10-17)30(23(19)32)13-20(31)27-11-15-6-8-16(9-7-15)21(25)26/h3-10,12,14,29H,11,13,24H2,1-2H3,(H3,25,26)(H,27,31). The van der Waals surface area contributed by atoms with Gasteiger partial charge in [-0.05, 0) is 31.5 Å². The van der Waals surface area contributed by atoms with E-state index in [4.69, 9.17) is 16.9 Å². The Morgan fingerprint density at radius 3 is 2.53 bits per heavy atom. The summed E-state index contributed by atoms with van der Waals surface area (Å²) in [5.74, 6) is 0.00499. The second kappa shape index (κ2) is 9.78. The smallest absolute Gasteiger partial charge is 0.277 e. The highest BCUT2D eigenvalue weighted by atomic mass is 16.2. The van der Waals surface area contributed by atoms with Crippen LogP contribution in [0.5, 0.6) is 0 Å². The van der Waals surface area contributed by atoms with Crippen LogP contribution in [-0.4, -0.2) is 27.3 Å². The molecule has 3 rings (SSSR count). The Morgan fingerprint density at radius 2 is 1.91 bits per heavy atom. The molecule has 0 saturated carbocycles. The number of carbonyl (C=O) groups is 1. The predicted octanol–water partition coefficient (Wildman–Crippen LogP) is 1.91. The van der Waals surface area contributed by atoms with Crippen LogP contribution in [0, 0.1) is 5.41 Å². The summed E-state index contributed by atoms with van der Waals surface area (Å²) in [5.41, 5.74) is 14.0. The SMILES string of the molecule is CC(C)Nc1cnc(-c2cccc(N)c2)n(CC(=O)NCc2ccc(C(=N)N)cc2)c1=O. The highest BCUT2D eigenvalue weighted by Crippen LogP contribution is 2.19. The Bertz CT molecular complexity index is 1180. The van der Waals surface area contributed by atoms with Gasteiger partial charge in [-0.1, -0.05) is 36.4 Å². The van der Waals surface area contributed by atoms with E-state index in [9.17, 15) is 9.59 Å². The lowest BCUT2D eigenvalue weighted by molar-refractivity contribution is -0.121. The van der Waals surface area contributed by atoms with Gasteiger partial charge in [-0.3, -0.25) is 19.6 Å². The van der Waals surface area contributed by atoms with Crippen molar-refractivity contribution < 1.29 is 4.79 Å². The van der Waals surface area contributed by atoms with Crippen LogP contribution in [0.1, 0.15) is 25.0 Å². The highest BCUT2D eigenvalue weighted by Gasteiger charge is 2.16. The van der Waals surface area contributed by atoms with E-state index in [2.05, 4.69) is 15.6 Å². The number of nitrogens with two attached hydrogens (primary N) is 2. The van der Waals surface area contributed by atoms with Crippen LogP contribution < -0.4 is 27.7 Å². The van der Waals surface area contributed by atoms with Crippen molar-refractivity contribution in [1.82, 2.24) is 14.9 Å². The lowest BCUT2D eigenvalue weighted by Gasteiger charge is -2.16. The molecule has 0 atom stereocenters. The van der Waals surface area contributed by atoms with Gasteiger partial charge in [0.05, 0.1) is 6.20 Å². The molecule has 0 unspecified atom stereocenters. The van der Waals surface area contributed by atoms with Gasteiger partial charge in [0.15, 0.2) is 0 Å². The summed E-state index contributed by atoms with van der Waals surface area (Å²) in [6.45, 7) is 3.91. The third-order valence-corrected chi connectivity index (χ3v) is 4.69. The van der Waals surface area contributed by atoms with Crippen molar-refractivity contribution in [2.75, 3.05) is 11.1 Å². The van der Waals surface area contributed by atoms with Gasteiger partial charge in [-0.2, -0.15) is 0 Å². The van der Waals surface area contributed by atoms with E-state index >= 15 is 0 Å². The molecule has 0 radical (unpaired) electrons. The third-order valence-electron chi connectivity index (χ3n) is 4.69. The number of amides is 1. The minimum Gasteiger partial charge on any atom is -0.399 e. The van der Waals surface area contributed by atoms with Crippen LogP contribution in [0.15, 0.2) is 59.5 Å². The summed E-state index contributed by atoms with van der Waals surface area (Å²) in [6.07, 6.45) is 1.48. The molecule has 1 aromatic heterocycles. The first-order valence-electron chi connectivity index (χ1n) is 10.2. The quantitative estimate of drug-likeness (QED) is 0.208. The van der Waals surface area contributed by atoms with Gasteiger partial charge in [-0.15, -0.1) is 0 Å². The predicted molar refractivity (Wildman–Crippen MR) is 126 cm³/mol. The zero-order valence-corrected chi connectivity index (χ0v) is 18.1. The van der Waals surface area contributed by atoms with E-state index in [1.165, 1.54) is 10.8 Å². The number of rotatable bonds is 8. The summed E-state index contributed by atoms with van der Waals surface area (Å²) in [6, 6.07) is 14.1. The van der Waals surface area contributed by atoms with Crippen LogP contribution in [0.3, 0.4) is 0 Å². The van der Waals surface area contributed by atoms with Crippen LogP contribution in [0.4, 0.5) is 11.4 Å². The van der Waals surface area contributed by atoms with E-state index in [0.717, 1.165) is 5.56 Å². The molecule has 7 N–H and O–H groups in total. The number of amidine groups is 1. The summed E-state index contributed by atoms with van der Waals surface area (Å²) in [5, 5.41) is 13.3. The van der Waals surface area contributed by atoms with Gasteiger partial charge in [0.2, 0.25) is 5.91 Å². The second-order valence-electron chi connectivity index (χ2n) is 7.70. The molecule has 0 aliphatic heterocycles. The fourth-order valence-corrected chi connectivity index (χ4v) is 3.16. The third kappa shape index (κ3) is 5.51. The first-order valence-corrected chi connectivity index (χ1v) is 10.2. The fourth-order valence-electron chi connectivity index (χ4n) is 3.16. The molecule has 9 heteroatoms. The molecule has 1 amide bonds. The van der Waals surface area contributed by atoms with E-state index in [-0.39, 0.29) is 36.4 Å². The number of aromatic nitrogens is 2. The molecule has 0 aliphatic carbocycles. The second-order valence-corrected chi connectivity index (χ2v) is 7.70. The average Bonchev–Trinajstić information content (AvgIpc) is 2.75. The maximum absolute atomic E-state index is 13.1. The van der Waals surface area contributed by atoms with E-state index in [1.807, 2.05) is 13.8 Å². The van der Waals surface area contributed by atoms with Gasteiger partial charge in [0.1, 0.15) is 23.9 Å². The van der Waals surface area contributed by atoms with Crippen molar-refractivity contribution in [3.63, 3.8) is 0 Å². The molecule has 166 valence electrons. The molecule has 1 heterocycles. The lowest BCUT2D eigenvalue weighted by Crippen LogP contribution is -2.34. The van der Waals surface area contributed by atoms with Crippen LogP contribution >= 0.6 is 0 Å². The maximum atomic E-state index is 13.1. The molecule has 0 fully saturated rings. The largest absolute Gasteiger partial charge is 0.399 e. The summed E-state index contributed by atoms with van der Waals surface area (Å²) < 4.78 is 1.34. The monoisotopic (exact) mass is 433 g/mol. The first-order chi connectivity index (χ1) is 15.2. The van der Waals surface area contributed by atoms with E-state index in [1.54, 1.807) is 48.5 Å². The number of nitrogens with zero attached hydrogens (tertiary/aromatic N) is 2. The Labute approximate surface area is 186 Å². The number of nitrogens with one attached hydrogen (secondary N) is 3. The molecular formula is C23H27N7O2. The number of nitrogen functional groups attached to an aromatic ring is 2. The maximum Gasteiger partial charge on any atom is 0.277 e. The van der Waals surface area contributed by atoms with Crippen LogP contribution in [0.2, 0.25) is 0 Å². The first kappa shape index (κ1) is 22.5. The van der Waals surface area contributed by atoms with Crippen LogP contribution in [0.25, 0.3) is 11.4 Å². The molecule has 0 bridgehead atoms. The van der Waals surface area contributed by atoms with Crippen molar-refractivity contribution in [3.05, 3.63) is 76.2 Å². The molecule has 0 spiro atoms. The van der Waals surface area contributed by atoms with Crippen LogP contribution in [-0.2, 0) is 17.9 Å². The number of hydrogen-bond donors (Lipinski definition) is 5. The molecule has 0 aliphatic rings. The van der Waals surface area contributed by atoms with Crippen molar-refractivity contribution >= 4 is 23.1 Å². The molecular weight excluding hydrogens is 406 g/mol. The van der Waals surface area contributed by atoms with E-state index < -0.39 is 0 Å². The summed E-state index contributed by atoms with van der Waals surface area (Å²) in [4.78, 5) is 30.2. The minimum absolute atomic E-state index is 0.0172. The van der Waals surface area contributed by atoms with Gasteiger partial charge >= 0.3 is 0 Å². The number of benzene rings is 2. The Balaban J connectivity index is 1.84. The molecule has 3 aromatic rings. The lowest BCUT2D eigenvalue weighted by atomic mass is 10.1.